The molecule has 0 amide bonds. The van der Waals surface area contributed by atoms with Crippen LogP contribution in [0.5, 0.6) is 0 Å². The predicted octanol–water partition coefficient (Wildman–Crippen LogP) is 5.09. The van der Waals surface area contributed by atoms with E-state index >= 15 is 0 Å². The second-order valence-corrected chi connectivity index (χ2v) is 8.45. The number of rotatable bonds is 6. The summed E-state index contributed by atoms with van der Waals surface area (Å²) in [5.41, 5.74) is 3.55. The lowest BCUT2D eigenvalue weighted by atomic mass is 10.1. The van der Waals surface area contributed by atoms with Crippen molar-refractivity contribution in [1.82, 2.24) is 14.6 Å². The van der Waals surface area contributed by atoms with Crippen LogP contribution in [0.2, 0.25) is 0 Å². The minimum atomic E-state index is -0.0991. The largest absolute Gasteiger partial charge is 0.342 e. The lowest BCUT2D eigenvalue weighted by Gasteiger charge is -2.05. The van der Waals surface area contributed by atoms with Crippen LogP contribution >= 0.6 is 23.5 Å². The van der Waals surface area contributed by atoms with E-state index in [1.54, 1.807) is 35.8 Å². The molecule has 0 saturated carbocycles. The Morgan fingerprint density at radius 1 is 1.04 bits per heavy atom. The number of aromatic amines is 1. The first-order chi connectivity index (χ1) is 13.2. The summed E-state index contributed by atoms with van der Waals surface area (Å²) >= 11 is 3.51. The zero-order valence-corrected chi connectivity index (χ0v) is 16.5. The van der Waals surface area contributed by atoms with Crippen molar-refractivity contribution < 1.29 is 0 Å². The Morgan fingerprint density at radius 3 is 2.52 bits per heavy atom. The number of H-pyrrole nitrogens is 1. The molecule has 2 aromatic carbocycles. The maximum absolute atomic E-state index is 12.3. The third kappa shape index (κ3) is 3.96. The van der Waals surface area contributed by atoms with Gasteiger partial charge < -0.3 is 4.98 Å². The second kappa shape index (κ2) is 8.06. The molecule has 0 fully saturated rings. The summed E-state index contributed by atoms with van der Waals surface area (Å²) in [6, 6.07) is 20.3. The highest BCUT2D eigenvalue weighted by Gasteiger charge is 2.11. The Hall–Kier alpha value is -2.44. The van der Waals surface area contributed by atoms with Crippen LogP contribution in [0.3, 0.4) is 0 Å². The van der Waals surface area contributed by atoms with Crippen LogP contribution in [0.4, 0.5) is 0 Å². The molecule has 4 rings (SSSR count). The van der Waals surface area contributed by atoms with Gasteiger partial charge in [0.15, 0.2) is 0 Å². The molecule has 4 nitrogen and oxygen atoms in total. The van der Waals surface area contributed by atoms with Crippen LogP contribution in [0.1, 0.15) is 12.6 Å². The number of fused-ring (bicyclic) bond motifs is 1. The van der Waals surface area contributed by atoms with Gasteiger partial charge in [0.25, 0.3) is 5.56 Å². The van der Waals surface area contributed by atoms with Crippen LogP contribution in [-0.2, 0) is 5.75 Å². The van der Waals surface area contributed by atoms with E-state index in [2.05, 4.69) is 53.4 Å². The molecule has 2 heterocycles. The summed E-state index contributed by atoms with van der Waals surface area (Å²) in [6.07, 6.45) is 1.75. The van der Waals surface area contributed by atoms with Crippen LogP contribution in [0.25, 0.3) is 16.8 Å². The highest BCUT2D eigenvalue weighted by atomic mass is 32.2. The topological polar surface area (TPSA) is 50.2 Å². The fraction of sp³-hybridized carbons (Fsp3) is 0.143. The van der Waals surface area contributed by atoms with Crippen molar-refractivity contribution in [3.05, 3.63) is 82.9 Å². The van der Waals surface area contributed by atoms with Crippen molar-refractivity contribution in [3.63, 3.8) is 0 Å². The summed E-state index contributed by atoms with van der Waals surface area (Å²) in [4.78, 5) is 18.1. The third-order valence-corrected chi connectivity index (χ3v) is 6.10. The standard InChI is InChI=1S/C21H19N3OS2/c1-2-26-14-16-12-20(25)24-21(23-16)19(13-22-24)15-8-10-18(11-9-15)27-17-6-4-3-5-7-17/h3-13,23H,2,14H2,1H3. The van der Waals surface area contributed by atoms with Crippen molar-refractivity contribution in [1.29, 1.82) is 0 Å². The zero-order valence-electron chi connectivity index (χ0n) is 14.9. The number of hydrogen-bond donors (Lipinski definition) is 1. The van der Waals surface area contributed by atoms with E-state index in [1.807, 2.05) is 18.2 Å². The third-order valence-electron chi connectivity index (χ3n) is 4.16. The average molecular weight is 394 g/mol. The molecule has 27 heavy (non-hydrogen) atoms. The molecular formula is C21H19N3OS2. The monoisotopic (exact) mass is 393 g/mol. The summed E-state index contributed by atoms with van der Waals surface area (Å²) in [7, 11) is 0. The summed E-state index contributed by atoms with van der Waals surface area (Å²) in [6.45, 7) is 2.11. The van der Waals surface area contributed by atoms with Gasteiger partial charge in [-0.2, -0.15) is 21.4 Å². The number of thioether (sulfide) groups is 1. The van der Waals surface area contributed by atoms with E-state index in [-0.39, 0.29) is 5.56 Å². The molecule has 0 unspecified atom stereocenters. The van der Waals surface area contributed by atoms with E-state index in [0.717, 1.165) is 34.0 Å². The van der Waals surface area contributed by atoms with Gasteiger partial charge in [-0.3, -0.25) is 4.79 Å². The first-order valence-corrected chi connectivity index (χ1v) is 10.7. The van der Waals surface area contributed by atoms with E-state index in [1.165, 1.54) is 14.3 Å². The molecule has 0 aliphatic carbocycles. The Balaban J connectivity index is 1.65. The van der Waals surface area contributed by atoms with E-state index in [9.17, 15) is 4.79 Å². The molecule has 0 atom stereocenters. The maximum Gasteiger partial charge on any atom is 0.274 e. The average Bonchev–Trinajstić information content (AvgIpc) is 3.12. The number of benzene rings is 2. The van der Waals surface area contributed by atoms with E-state index in [0.29, 0.717) is 0 Å². The lowest BCUT2D eigenvalue weighted by Crippen LogP contribution is -2.15. The second-order valence-electron chi connectivity index (χ2n) is 6.03. The molecule has 0 bridgehead atoms. The first kappa shape index (κ1) is 17.9. The number of nitrogens with one attached hydrogen (secondary N) is 1. The van der Waals surface area contributed by atoms with Gasteiger partial charge in [-0.15, -0.1) is 0 Å². The van der Waals surface area contributed by atoms with E-state index in [4.69, 9.17) is 0 Å². The maximum atomic E-state index is 12.3. The molecule has 6 heteroatoms. The quantitative estimate of drug-likeness (QED) is 0.495. The number of hydrogen-bond acceptors (Lipinski definition) is 4. The molecule has 2 aromatic heterocycles. The highest BCUT2D eigenvalue weighted by Crippen LogP contribution is 2.30. The molecule has 0 spiro atoms. The Bertz CT molecular complexity index is 1100. The Labute approximate surface area is 166 Å². The molecule has 1 N–H and O–H groups in total. The van der Waals surface area contributed by atoms with Crippen LogP contribution < -0.4 is 5.56 Å². The Kier molecular flexibility index (Phi) is 5.36. The minimum Gasteiger partial charge on any atom is -0.342 e. The van der Waals surface area contributed by atoms with Gasteiger partial charge in [0.05, 0.1) is 6.20 Å². The van der Waals surface area contributed by atoms with Gasteiger partial charge in [-0.25, -0.2) is 0 Å². The van der Waals surface area contributed by atoms with Gasteiger partial charge >= 0.3 is 0 Å². The molecule has 0 aliphatic rings. The van der Waals surface area contributed by atoms with Crippen molar-refractivity contribution in [2.75, 3.05) is 5.75 Å². The molecule has 0 saturated heterocycles. The van der Waals surface area contributed by atoms with E-state index < -0.39 is 0 Å². The first-order valence-electron chi connectivity index (χ1n) is 8.75. The van der Waals surface area contributed by atoms with Crippen molar-refractivity contribution in [2.45, 2.75) is 22.5 Å². The molecule has 0 radical (unpaired) electrons. The van der Waals surface area contributed by atoms with Gasteiger partial charge in [-0.1, -0.05) is 49.0 Å². The van der Waals surface area contributed by atoms with Crippen LogP contribution in [-0.4, -0.2) is 20.4 Å². The fourth-order valence-corrected chi connectivity index (χ4v) is 4.28. The minimum absolute atomic E-state index is 0.0991. The van der Waals surface area contributed by atoms with Crippen molar-refractivity contribution in [2.24, 2.45) is 0 Å². The number of nitrogens with zero attached hydrogens (tertiary/aromatic N) is 2. The van der Waals surface area contributed by atoms with Gasteiger partial charge in [-0.05, 0) is 35.6 Å². The van der Waals surface area contributed by atoms with Crippen LogP contribution in [0.15, 0.2) is 81.4 Å². The van der Waals surface area contributed by atoms with Crippen molar-refractivity contribution in [3.8, 4) is 11.1 Å². The molecule has 136 valence electrons. The summed E-state index contributed by atoms with van der Waals surface area (Å²) < 4.78 is 1.43. The lowest BCUT2D eigenvalue weighted by molar-refractivity contribution is 0.888. The molecule has 0 aliphatic heterocycles. The zero-order chi connectivity index (χ0) is 18.6. The van der Waals surface area contributed by atoms with Crippen LogP contribution in [0, 0.1) is 0 Å². The molecule has 4 aromatic rings. The van der Waals surface area contributed by atoms with Gasteiger partial charge in [0.1, 0.15) is 5.65 Å². The highest BCUT2D eigenvalue weighted by molar-refractivity contribution is 7.99. The van der Waals surface area contributed by atoms with Gasteiger partial charge in [0, 0.05) is 32.9 Å². The Morgan fingerprint density at radius 2 is 1.78 bits per heavy atom. The fourth-order valence-electron chi connectivity index (χ4n) is 2.86. The van der Waals surface area contributed by atoms with Gasteiger partial charge in [0.2, 0.25) is 0 Å². The number of aromatic nitrogens is 3. The normalized spacial score (nSPS) is 11.1. The molecular weight excluding hydrogens is 374 g/mol. The summed E-state index contributed by atoms with van der Waals surface area (Å²) in [5, 5.41) is 4.27. The van der Waals surface area contributed by atoms with Crippen molar-refractivity contribution >= 4 is 29.2 Å². The SMILES string of the molecule is CCSCc1cc(=O)n2ncc(-c3ccc(Sc4ccccc4)cc3)c2[nH]1. The summed E-state index contributed by atoms with van der Waals surface area (Å²) in [5.74, 6) is 1.80. The predicted molar refractivity (Wildman–Crippen MR) is 114 cm³/mol. The smallest absolute Gasteiger partial charge is 0.274 e.